The highest BCUT2D eigenvalue weighted by molar-refractivity contribution is 6.03. The first-order chi connectivity index (χ1) is 17.0. The Hall–Kier alpha value is -3.57. The zero-order valence-electron chi connectivity index (χ0n) is 19.7. The Morgan fingerprint density at radius 1 is 1.23 bits per heavy atom. The summed E-state index contributed by atoms with van der Waals surface area (Å²) in [5, 5.41) is 3.25. The number of amides is 1. The standard InChI is InChI=1S/C24H29N7O4/c1-34-20-15(3-2-8-30-9-11-35-12-10-30)4-7-18-19(20)28-24(31(22(18)33)17-5-6-17)29-21(32)16-13-26-23(25)27-14-16/h4,7,13-14,17H,2-3,5-6,8-12H2,1H3,(H2,25,26,27)(H,28,29,32). The Morgan fingerprint density at radius 3 is 2.66 bits per heavy atom. The van der Waals surface area contributed by atoms with E-state index in [-0.39, 0.29) is 29.1 Å². The number of aryl methyl sites for hydroxylation is 1. The van der Waals surface area contributed by atoms with Crippen molar-refractivity contribution in [2.45, 2.75) is 31.7 Å². The quantitative estimate of drug-likeness (QED) is 0.494. The van der Waals surface area contributed by atoms with Gasteiger partial charge in [-0.05, 0) is 43.9 Å². The lowest BCUT2D eigenvalue weighted by Crippen LogP contribution is -2.36. The van der Waals surface area contributed by atoms with E-state index < -0.39 is 5.91 Å². The number of methoxy groups -OCH3 is 1. The van der Waals surface area contributed by atoms with E-state index in [0.29, 0.717) is 16.7 Å². The lowest BCUT2D eigenvalue weighted by atomic mass is 10.1. The molecule has 0 radical (unpaired) electrons. The molecule has 3 N–H and O–H groups in total. The van der Waals surface area contributed by atoms with Gasteiger partial charge in [-0.25, -0.2) is 15.0 Å². The third-order valence-corrected chi connectivity index (χ3v) is 6.41. The molecular formula is C24H29N7O4. The fourth-order valence-corrected chi connectivity index (χ4v) is 4.41. The average Bonchev–Trinajstić information content (AvgIpc) is 3.70. The van der Waals surface area contributed by atoms with Crippen LogP contribution in [0.2, 0.25) is 0 Å². The largest absolute Gasteiger partial charge is 0.494 e. The lowest BCUT2D eigenvalue weighted by Gasteiger charge is -2.26. The molecule has 1 aliphatic carbocycles. The van der Waals surface area contributed by atoms with Crippen molar-refractivity contribution in [2.75, 3.05) is 51.0 Å². The number of hydrogen-bond donors (Lipinski definition) is 2. The van der Waals surface area contributed by atoms with E-state index in [9.17, 15) is 9.59 Å². The predicted molar refractivity (Wildman–Crippen MR) is 131 cm³/mol. The van der Waals surface area contributed by atoms with Crippen LogP contribution in [-0.2, 0) is 11.2 Å². The van der Waals surface area contributed by atoms with Crippen molar-refractivity contribution in [3.63, 3.8) is 0 Å². The highest BCUT2D eigenvalue weighted by atomic mass is 16.5. The van der Waals surface area contributed by atoms with Crippen LogP contribution in [0.3, 0.4) is 0 Å². The minimum Gasteiger partial charge on any atom is -0.494 e. The van der Waals surface area contributed by atoms with Crippen LogP contribution < -0.4 is 21.3 Å². The first kappa shape index (κ1) is 23.2. The van der Waals surface area contributed by atoms with Gasteiger partial charge < -0.3 is 15.2 Å². The van der Waals surface area contributed by atoms with E-state index in [1.807, 2.05) is 12.1 Å². The molecular weight excluding hydrogens is 450 g/mol. The Morgan fingerprint density at radius 2 is 1.97 bits per heavy atom. The minimum absolute atomic E-state index is 0.0107. The van der Waals surface area contributed by atoms with Gasteiger partial charge in [-0.1, -0.05) is 6.07 Å². The van der Waals surface area contributed by atoms with Gasteiger partial charge in [0.15, 0.2) is 0 Å². The average molecular weight is 480 g/mol. The molecule has 11 nitrogen and oxygen atoms in total. The van der Waals surface area contributed by atoms with E-state index in [1.165, 1.54) is 12.4 Å². The minimum atomic E-state index is -0.466. The Kier molecular flexibility index (Phi) is 6.60. The van der Waals surface area contributed by atoms with Gasteiger partial charge >= 0.3 is 0 Å². The zero-order valence-corrected chi connectivity index (χ0v) is 19.7. The van der Waals surface area contributed by atoms with E-state index in [1.54, 1.807) is 11.7 Å². The Bertz CT molecular complexity index is 1280. The highest BCUT2D eigenvalue weighted by Gasteiger charge is 2.30. The molecule has 5 rings (SSSR count). The number of morpholine rings is 1. The molecule has 3 aromatic rings. The van der Waals surface area contributed by atoms with Gasteiger partial charge in [0.05, 0.1) is 31.3 Å². The second kappa shape index (κ2) is 9.96. The number of carbonyl (C=O) groups excluding carboxylic acids is 1. The van der Waals surface area contributed by atoms with Crippen LogP contribution in [0.25, 0.3) is 10.9 Å². The maximum Gasteiger partial charge on any atom is 0.263 e. The highest BCUT2D eigenvalue weighted by Crippen LogP contribution is 2.37. The van der Waals surface area contributed by atoms with E-state index in [4.69, 9.17) is 20.2 Å². The van der Waals surface area contributed by atoms with E-state index in [2.05, 4.69) is 20.2 Å². The summed E-state index contributed by atoms with van der Waals surface area (Å²) in [7, 11) is 1.58. The molecule has 1 saturated heterocycles. The Labute approximate surface area is 202 Å². The van der Waals surface area contributed by atoms with Crippen molar-refractivity contribution in [1.29, 1.82) is 0 Å². The number of aromatic nitrogens is 4. The third kappa shape index (κ3) is 4.96. The van der Waals surface area contributed by atoms with Crippen LogP contribution in [0.4, 0.5) is 11.9 Å². The summed E-state index contributed by atoms with van der Waals surface area (Å²) in [5.74, 6) is 0.365. The molecule has 0 atom stereocenters. The molecule has 11 heteroatoms. The zero-order chi connectivity index (χ0) is 24.4. The monoisotopic (exact) mass is 479 g/mol. The number of rotatable bonds is 8. The summed E-state index contributed by atoms with van der Waals surface area (Å²) in [6.45, 7) is 4.39. The molecule has 0 bridgehead atoms. The molecule has 184 valence electrons. The lowest BCUT2D eigenvalue weighted by molar-refractivity contribution is 0.0374. The number of nitrogens with zero attached hydrogens (tertiary/aromatic N) is 5. The summed E-state index contributed by atoms with van der Waals surface area (Å²) in [4.78, 5) is 41.1. The number of nitrogens with two attached hydrogens (primary N) is 1. The van der Waals surface area contributed by atoms with Crippen molar-refractivity contribution in [3.8, 4) is 5.75 Å². The number of nitrogen functional groups attached to an aromatic ring is 1. The number of fused-ring (bicyclic) bond motifs is 1. The topological polar surface area (TPSA) is 137 Å². The summed E-state index contributed by atoms with van der Waals surface area (Å²) in [5.41, 5.74) is 6.98. The van der Waals surface area contributed by atoms with Gasteiger partial charge in [0.25, 0.3) is 11.5 Å². The first-order valence-electron chi connectivity index (χ1n) is 11.9. The summed E-state index contributed by atoms with van der Waals surface area (Å²) in [6, 6.07) is 3.77. The van der Waals surface area contributed by atoms with Crippen LogP contribution >= 0.6 is 0 Å². The maximum atomic E-state index is 13.4. The van der Waals surface area contributed by atoms with Crippen molar-refractivity contribution in [1.82, 2.24) is 24.4 Å². The SMILES string of the molecule is COc1c(CCCN2CCOCC2)ccc2c(=O)n(C3CC3)c(NC(=O)c3cnc(N)nc3)nc12. The molecule has 1 amide bonds. The van der Waals surface area contributed by atoms with Crippen LogP contribution in [0, 0.1) is 0 Å². The van der Waals surface area contributed by atoms with E-state index >= 15 is 0 Å². The predicted octanol–water partition coefficient (Wildman–Crippen LogP) is 1.63. The van der Waals surface area contributed by atoms with Gasteiger partial charge in [0.2, 0.25) is 11.9 Å². The Balaban J connectivity index is 1.46. The van der Waals surface area contributed by atoms with Gasteiger partial charge in [-0.3, -0.25) is 24.4 Å². The van der Waals surface area contributed by atoms with Gasteiger partial charge in [-0.2, -0.15) is 0 Å². The van der Waals surface area contributed by atoms with Gasteiger partial charge in [-0.15, -0.1) is 0 Å². The smallest absolute Gasteiger partial charge is 0.263 e. The molecule has 1 aromatic carbocycles. The molecule has 2 fully saturated rings. The molecule has 0 unspecified atom stereocenters. The summed E-state index contributed by atoms with van der Waals surface area (Å²) < 4.78 is 12.7. The number of anilines is 2. The normalized spacial score (nSPS) is 16.4. The van der Waals surface area contributed by atoms with Crippen molar-refractivity contribution in [3.05, 3.63) is 46.0 Å². The fourth-order valence-electron chi connectivity index (χ4n) is 4.41. The first-order valence-corrected chi connectivity index (χ1v) is 11.9. The van der Waals surface area contributed by atoms with Crippen LogP contribution in [0.5, 0.6) is 5.75 Å². The molecule has 2 aliphatic rings. The molecule has 1 aliphatic heterocycles. The molecule has 35 heavy (non-hydrogen) atoms. The second-order valence-electron chi connectivity index (χ2n) is 8.84. The number of nitrogens with one attached hydrogen (secondary N) is 1. The van der Waals surface area contributed by atoms with Crippen molar-refractivity contribution in [2.24, 2.45) is 0 Å². The van der Waals surface area contributed by atoms with Crippen LogP contribution in [0.15, 0.2) is 29.3 Å². The molecule has 3 heterocycles. The summed E-state index contributed by atoms with van der Waals surface area (Å²) >= 11 is 0. The van der Waals surface area contributed by atoms with Gasteiger partial charge in [0.1, 0.15) is 11.3 Å². The van der Waals surface area contributed by atoms with Crippen molar-refractivity contribution >= 4 is 28.7 Å². The van der Waals surface area contributed by atoms with Crippen molar-refractivity contribution < 1.29 is 14.3 Å². The maximum absolute atomic E-state index is 13.4. The summed E-state index contributed by atoms with van der Waals surface area (Å²) in [6.07, 6.45) is 6.13. The molecule has 1 saturated carbocycles. The number of carbonyl (C=O) groups is 1. The van der Waals surface area contributed by atoms with Crippen LogP contribution in [-0.4, -0.2) is 70.3 Å². The second-order valence-corrected chi connectivity index (χ2v) is 8.84. The number of ether oxygens (including phenoxy) is 2. The number of benzene rings is 1. The fraction of sp³-hybridized carbons (Fsp3) is 0.458. The molecule has 2 aromatic heterocycles. The van der Waals surface area contributed by atoms with E-state index in [0.717, 1.165) is 64.1 Å². The van der Waals surface area contributed by atoms with Gasteiger partial charge in [0, 0.05) is 31.5 Å². The number of hydrogen-bond acceptors (Lipinski definition) is 9. The van der Waals surface area contributed by atoms with Crippen LogP contribution in [0.1, 0.15) is 41.2 Å². The molecule has 0 spiro atoms. The third-order valence-electron chi connectivity index (χ3n) is 6.41.